The van der Waals surface area contributed by atoms with Crippen LogP contribution < -0.4 is 4.74 Å². The summed E-state index contributed by atoms with van der Waals surface area (Å²) in [6.45, 7) is 0. The van der Waals surface area contributed by atoms with E-state index in [1.54, 1.807) is 24.3 Å². The molecule has 1 heterocycles. The molecule has 0 aliphatic heterocycles. The Labute approximate surface area is 130 Å². The van der Waals surface area contributed by atoms with Gasteiger partial charge in [-0.2, -0.15) is 0 Å². The molecule has 0 saturated heterocycles. The van der Waals surface area contributed by atoms with Crippen molar-refractivity contribution < 1.29 is 18.3 Å². The summed E-state index contributed by atoms with van der Waals surface area (Å²) in [5.74, 6) is -0.986. The van der Waals surface area contributed by atoms with Gasteiger partial charge in [0, 0.05) is 10.8 Å². The Balaban J connectivity index is 1.73. The number of halogens is 1. The zero-order valence-electron chi connectivity index (χ0n) is 12.0. The molecule has 4 aromatic rings. The van der Waals surface area contributed by atoms with Crippen LogP contribution in [0.3, 0.4) is 0 Å². The van der Waals surface area contributed by atoms with Crippen LogP contribution in [0.15, 0.2) is 71.1 Å². The Morgan fingerprint density at radius 3 is 2.48 bits per heavy atom. The number of furan rings is 1. The Morgan fingerprint density at radius 2 is 1.61 bits per heavy atom. The SMILES string of the molecule is O=C(Oc1ccc2oc3ccccc3c2c1)c1ccccc1F. The van der Waals surface area contributed by atoms with Gasteiger partial charge < -0.3 is 9.15 Å². The molecule has 0 N–H and O–H groups in total. The van der Waals surface area contributed by atoms with Crippen LogP contribution >= 0.6 is 0 Å². The number of hydrogen-bond donors (Lipinski definition) is 0. The average Bonchev–Trinajstić information content (AvgIpc) is 2.93. The van der Waals surface area contributed by atoms with Crippen molar-refractivity contribution in [1.82, 2.24) is 0 Å². The fraction of sp³-hybridized carbons (Fsp3) is 0. The van der Waals surface area contributed by atoms with Crippen LogP contribution in [0, 0.1) is 5.82 Å². The summed E-state index contributed by atoms with van der Waals surface area (Å²) in [6, 6.07) is 18.4. The minimum atomic E-state index is -0.727. The molecule has 0 aliphatic rings. The maximum atomic E-state index is 13.6. The molecule has 4 heteroatoms. The Hall–Kier alpha value is -3.14. The van der Waals surface area contributed by atoms with Gasteiger partial charge in [-0.1, -0.05) is 30.3 Å². The number of fused-ring (bicyclic) bond motifs is 3. The lowest BCUT2D eigenvalue weighted by molar-refractivity contribution is 0.0730. The van der Waals surface area contributed by atoms with Gasteiger partial charge in [-0.3, -0.25) is 0 Å². The first-order chi connectivity index (χ1) is 11.2. The van der Waals surface area contributed by atoms with E-state index in [9.17, 15) is 9.18 Å². The molecule has 0 bridgehead atoms. The van der Waals surface area contributed by atoms with Crippen molar-refractivity contribution in [1.29, 1.82) is 0 Å². The quantitative estimate of drug-likeness (QED) is 0.389. The van der Waals surface area contributed by atoms with Crippen molar-refractivity contribution >= 4 is 27.9 Å². The second-order valence-electron chi connectivity index (χ2n) is 5.13. The largest absolute Gasteiger partial charge is 0.456 e. The summed E-state index contributed by atoms with van der Waals surface area (Å²) in [4.78, 5) is 12.1. The molecule has 0 fully saturated rings. The second kappa shape index (κ2) is 5.25. The molecular formula is C19H11FO3. The maximum absolute atomic E-state index is 13.6. The highest BCUT2D eigenvalue weighted by atomic mass is 19.1. The van der Waals surface area contributed by atoms with Crippen molar-refractivity contribution in [3.63, 3.8) is 0 Å². The van der Waals surface area contributed by atoms with Gasteiger partial charge in [0.2, 0.25) is 0 Å². The fourth-order valence-corrected chi connectivity index (χ4v) is 2.56. The Kier molecular flexibility index (Phi) is 3.08. The van der Waals surface area contributed by atoms with Gasteiger partial charge >= 0.3 is 5.97 Å². The van der Waals surface area contributed by atoms with E-state index in [1.807, 2.05) is 24.3 Å². The monoisotopic (exact) mass is 306 g/mol. The van der Waals surface area contributed by atoms with Crippen LogP contribution in [0.25, 0.3) is 21.9 Å². The first kappa shape index (κ1) is 13.5. The van der Waals surface area contributed by atoms with Crippen LogP contribution in [-0.4, -0.2) is 5.97 Å². The third kappa shape index (κ3) is 2.34. The van der Waals surface area contributed by atoms with Crippen LogP contribution in [0.4, 0.5) is 4.39 Å². The number of hydrogen-bond acceptors (Lipinski definition) is 3. The number of carbonyl (C=O) groups is 1. The van der Waals surface area contributed by atoms with Crippen molar-refractivity contribution in [3.05, 3.63) is 78.1 Å². The van der Waals surface area contributed by atoms with Gasteiger partial charge in [0.15, 0.2) is 0 Å². The molecule has 0 amide bonds. The van der Waals surface area contributed by atoms with Crippen LogP contribution in [0.2, 0.25) is 0 Å². The first-order valence-electron chi connectivity index (χ1n) is 7.10. The van der Waals surface area contributed by atoms with Crippen LogP contribution in [0.1, 0.15) is 10.4 Å². The molecule has 4 rings (SSSR count). The smallest absolute Gasteiger partial charge is 0.346 e. The Morgan fingerprint density at radius 1 is 0.870 bits per heavy atom. The third-order valence-corrected chi connectivity index (χ3v) is 3.65. The fourth-order valence-electron chi connectivity index (χ4n) is 2.56. The van der Waals surface area contributed by atoms with Gasteiger partial charge in [0.25, 0.3) is 0 Å². The van der Waals surface area contributed by atoms with Gasteiger partial charge in [-0.05, 0) is 36.4 Å². The van der Waals surface area contributed by atoms with Gasteiger partial charge in [-0.25, -0.2) is 9.18 Å². The van der Waals surface area contributed by atoms with Gasteiger partial charge in [-0.15, -0.1) is 0 Å². The van der Waals surface area contributed by atoms with Crippen molar-refractivity contribution in [3.8, 4) is 5.75 Å². The van der Waals surface area contributed by atoms with Crippen molar-refractivity contribution in [2.45, 2.75) is 0 Å². The first-order valence-corrected chi connectivity index (χ1v) is 7.10. The van der Waals surface area contributed by atoms with E-state index >= 15 is 0 Å². The minimum Gasteiger partial charge on any atom is -0.456 e. The predicted molar refractivity (Wildman–Crippen MR) is 85.1 cm³/mol. The molecule has 23 heavy (non-hydrogen) atoms. The standard InChI is InChI=1S/C19H11FO3/c20-16-7-3-1-6-14(16)19(21)22-12-9-10-18-15(11-12)13-5-2-4-8-17(13)23-18/h1-11H. The summed E-state index contributed by atoms with van der Waals surface area (Å²) in [5.41, 5.74) is 1.38. The zero-order chi connectivity index (χ0) is 15.8. The summed E-state index contributed by atoms with van der Waals surface area (Å²) in [7, 11) is 0. The van der Waals surface area contributed by atoms with E-state index in [0.29, 0.717) is 11.3 Å². The molecule has 112 valence electrons. The Bertz CT molecular complexity index is 1030. The molecule has 0 unspecified atom stereocenters. The lowest BCUT2D eigenvalue weighted by Gasteiger charge is -2.05. The van der Waals surface area contributed by atoms with Crippen LogP contribution in [0.5, 0.6) is 5.75 Å². The topological polar surface area (TPSA) is 39.4 Å². The minimum absolute atomic E-state index is 0.0929. The second-order valence-corrected chi connectivity index (χ2v) is 5.13. The number of para-hydroxylation sites is 1. The lowest BCUT2D eigenvalue weighted by atomic mass is 10.1. The van der Waals surface area contributed by atoms with Crippen molar-refractivity contribution in [2.75, 3.05) is 0 Å². The number of esters is 1. The summed E-state index contributed by atoms with van der Waals surface area (Å²) in [6.07, 6.45) is 0. The average molecular weight is 306 g/mol. The number of rotatable bonds is 2. The van der Waals surface area contributed by atoms with Gasteiger partial charge in [0.1, 0.15) is 22.7 Å². The highest BCUT2D eigenvalue weighted by Crippen LogP contribution is 2.31. The normalized spacial score (nSPS) is 11.0. The van der Waals surface area contributed by atoms with E-state index < -0.39 is 11.8 Å². The molecule has 0 radical (unpaired) electrons. The van der Waals surface area contributed by atoms with E-state index in [2.05, 4.69) is 0 Å². The van der Waals surface area contributed by atoms with Gasteiger partial charge in [0.05, 0.1) is 5.56 Å². The van der Waals surface area contributed by atoms with E-state index in [-0.39, 0.29) is 5.56 Å². The molecule has 0 aliphatic carbocycles. The van der Waals surface area contributed by atoms with Crippen molar-refractivity contribution in [2.24, 2.45) is 0 Å². The molecular weight excluding hydrogens is 295 g/mol. The number of benzene rings is 3. The van der Waals surface area contributed by atoms with E-state index in [1.165, 1.54) is 18.2 Å². The van der Waals surface area contributed by atoms with E-state index in [4.69, 9.17) is 9.15 Å². The molecule has 0 atom stereocenters. The summed E-state index contributed by atoms with van der Waals surface area (Å²) < 4.78 is 24.6. The summed E-state index contributed by atoms with van der Waals surface area (Å²) >= 11 is 0. The number of carbonyl (C=O) groups excluding carboxylic acids is 1. The molecule has 3 aromatic carbocycles. The third-order valence-electron chi connectivity index (χ3n) is 3.65. The molecule has 1 aromatic heterocycles. The predicted octanol–water partition coefficient (Wildman–Crippen LogP) is 4.94. The highest BCUT2D eigenvalue weighted by Gasteiger charge is 2.14. The highest BCUT2D eigenvalue weighted by molar-refractivity contribution is 6.05. The maximum Gasteiger partial charge on any atom is 0.346 e. The molecule has 0 spiro atoms. The van der Waals surface area contributed by atoms with Crippen LogP contribution in [-0.2, 0) is 0 Å². The number of ether oxygens (including phenoxy) is 1. The summed E-state index contributed by atoms with van der Waals surface area (Å²) in [5, 5.41) is 1.78. The lowest BCUT2D eigenvalue weighted by Crippen LogP contribution is -2.10. The molecule has 3 nitrogen and oxygen atoms in total. The molecule has 0 saturated carbocycles. The van der Waals surface area contributed by atoms with E-state index in [0.717, 1.165) is 16.4 Å². The zero-order valence-corrected chi connectivity index (χ0v) is 12.0.